The van der Waals surface area contributed by atoms with Gasteiger partial charge in [0.15, 0.2) is 15.8 Å². The third-order valence-electron chi connectivity index (χ3n) is 4.95. The van der Waals surface area contributed by atoms with Crippen LogP contribution in [0.5, 0.6) is 11.5 Å². The van der Waals surface area contributed by atoms with Crippen molar-refractivity contribution in [2.45, 2.75) is 6.92 Å². The van der Waals surface area contributed by atoms with Gasteiger partial charge in [-0.25, -0.2) is 4.79 Å². The number of anilines is 1. The number of halogens is 1. The van der Waals surface area contributed by atoms with Crippen molar-refractivity contribution in [1.82, 2.24) is 0 Å². The molecular formula is C25H17ClN2O6S2. The SMILES string of the molecule is CCOc1cc(/C=C2/SC(=S)N(c3ccccc3Cl)C2=O)ccc1OC(=O)c1cccc([N+](=O)[O-])c1. The van der Waals surface area contributed by atoms with E-state index in [1.54, 1.807) is 49.4 Å². The second-order valence-electron chi connectivity index (χ2n) is 7.30. The van der Waals surface area contributed by atoms with Gasteiger partial charge < -0.3 is 9.47 Å². The number of carbonyl (C=O) groups excluding carboxylic acids is 2. The Morgan fingerprint density at radius 1 is 1.14 bits per heavy atom. The molecular weight excluding hydrogens is 524 g/mol. The van der Waals surface area contributed by atoms with Crippen LogP contribution in [0.4, 0.5) is 11.4 Å². The Bertz CT molecular complexity index is 1430. The zero-order chi connectivity index (χ0) is 25.8. The Balaban J connectivity index is 1.59. The van der Waals surface area contributed by atoms with Crippen molar-refractivity contribution < 1.29 is 24.0 Å². The Labute approximate surface area is 220 Å². The molecule has 1 heterocycles. The van der Waals surface area contributed by atoms with Crippen LogP contribution in [0.15, 0.2) is 71.6 Å². The second kappa shape index (κ2) is 10.9. The molecule has 1 aliphatic heterocycles. The third-order valence-corrected chi connectivity index (χ3v) is 6.57. The van der Waals surface area contributed by atoms with Crippen LogP contribution < -0.4 is 14.4 Å². The number of amides is 1. The molecule has 36 heavy (non-hydrogen) atoms. The number of nitrogens with zero attached hydrogens (tertiary/aromatic N) is 2. The number of thioether (sulfide) groups is 1. The fourth-order valence-electron chi connectivity index (χ4n) is 3.33. The first-order valence-corrected chi connectivity index (χ1v) is 12.1. The highest BCUT2D eigenvalue weighted by Crippen LogP contribution is 2.39. The first-order chi connectivity index (χ1) is 17.3. The predicted molar refractivity (Wildman–Crippen MR) is 143 cm³/mol. The molecule has 0 atom stereocenters. The van der Waals surface area contributed by atoms with Gasteiger partial charge in [-0.05, 0) is 48.9 Å². The molecule has 3 aromatic carbocycles. The number of hydrogen-bond donors (Lipinski definition) is 0. The number of hydrogen-bond acceptors (Lipinski definition) is 8. The van der Waals surface area contributed by atoms with Crippen LogP contribution in [-0.4, -0.2) is 27.7 Å². The van der Waals surface area contributed by atoms with E-state index in [0.29, 0.717) is 32.1 Å². The van der Waals surface area contributed by atoms with E-state index in [-0.39, 0.29) is 28.7 Å². The molecule has 1 saturated heterocycles. The molecule has 4 rings (SSSR count). The molecule has 0 aliphatic carbocycles. The zero-order valence-corrected chi connectivity index (χ0v) is 21.1. The van der Waals surface area contributed by atoms with Crippen LogP contribution in [-0.2, 0) is 4.79 Å². The van der Waals surface area contributed by atoms with Gasteiger partial charge in [0.05, 0.1) is 32.7 Å². The van der Waals surface area contributed by atoms with Crippen LogP contribution in [0.2, 0.25) is 5.02 Å². The fourth-order valence-corrected chi connectivity index (χ4v) is 4.84. The Morgan fingerprint density at radius 2 is 1.92 bits per heavy atom. The number of para-hydroxylation sites is 1. The number of nitro groups is 1. The lowest BCUT2D eigenvalue weighted by atomic mass is 10.1. The highest BCUT2D eigenvalue weighted by Gasteiger charge is 2.34. The van der Waals surface area contributed by atoms with E-state index in [9.17, 15) is 19.7 Å². The van der Waals surface area contributed by atoms with Gasteiger partial charge in [-0.15, -0.1) is 0 Å². The van der Waals surface area contributed by atoms with E-state index in [4.69, 9.17) is 33.3 Å². The number of benzene rings is 3. The molecule has 182 valence electrons. The van der Waals surface area contributed by atoms with Gasteiger partial charge >= 0.3 is 5.97 Å². The van der Waals surface area contributed by atoms with Crippen LogP contribution in [0, 0.1) is 10.1 Å². The molecule has 0 spiro atoms. The van der Waals surface area contributed by atoms with Crippen LogP contribution in [0.3, 0.4) is 0 Å². The minimum atomic E-state index is -0.770. The second-order valence-corrected chi connectivity index (χ2v) is 9.39. The summed E-state index contributed by atoms with van der Waals surface area (Å²) >= 11 is 12.8. The van der Waals surface area contributed by atoms with Crippen molar-refractivity contribution >= 4 is 69.2 Å². The molecule has 0 aromatic heterocycles. The third kappa shape index (κ3) is 5.40. The van der Waals surface area contributed by atoms with E-state index in [2.05, 4.69) is 0 Å². The molecule has 0 N–H and O–H groups in total. The average Bonchev–Trinajstić information content (AvgIpc) is 3.13. The maximum atomic E-state index is 13.1. The van der Waals surface area contributed by atoms with Gasteiger partial charge in [0.2, 0.25) is 0 Å². The lowest BCUT2D eigenvalue weighted by molar-refractivity contribution is -0.384. The monoisotopic (exact) mass is 540 g/mol. The van der Waals surface area contributed by atoms with Gasteiger partial charge in [-0.1, -0.05) is 59.8 Å². The number of rotatable bonds is 7. The van der Waals surface area contributed by atoms with E-state index >= 15 is 0 Å². The van der Waals surface area contributed by atoms with E-state index in [1.165, 1.54) is 29.2 Å². The number of esters is 1. The van der Waals surface area contributed by atoms with Gasteiger partial charge in [-0.2, -0.15) is 0 Å². The summed E-state index contributed by atoms with van der Waals surface area (Å²) in [7, 11) is 0. The molecule has 8 nitrogen and oxygen atoms in total. The summed E-state index contributed by atoms with van der Waals surface area (Å²) in [6.45, 7) is 2.06. The topological polar surface area (TPSA) is 99.0 Å². The maximum absolute atomic E-state index is 13.1. The lowest BCUT2D eigenvalue weighted by Crippen LogP contribution is -2.27. The summed E-state index contributed by atoms with van der Waals surface area (Å²) in [6, 6.07) is 17.0. The van der Waals surface area contributed by atoms with Gasteiger partial charge in [0.1, 0.15) is 0 Å². The summed E-state index contributed by atoms with van der Waals surface area (Å²) in [5, 5.41) is 11.4. The molecule has 1 fully saturated rings. The summed E-state index contributed by atoms with van der Waals surface area (Å²) < 4.78 is 11.4. The minimum Gasteiger partial charge on any atom is -0.490 e. The molecule has 0 bridgehead atoms. The Kier molecular flexibility index (Phi) is 7.68. The summed E-state index contributed by atoms with van der Waals surface area (Å²) in [5.41, 5.74) is 0.926. The van der Waals surface area contributed by atoms with Crippen molar-refractivity contribution in [3.05, 3.63) is 97.9 Å². The van der Waals surface area contributed by atoms with Gasteiger partial charge in [0, 0.05) is 12.1 Å². The normalized spacial score (nSPS) is 14.3. The molecule has 1 amide bonds. The molecule has 0 unspecified atom stereocenters. The molecule has 0 saturated carbocycles. The van der Waals surface area contributed by atoms with Crippen LogP contribution in [0.25, 0.3) is 6.08 Å². The summed E-state index contributed by atoms with van der Waals surface area (Å²) in [4.78, 5) is 37.8. The van der Waals surface area contributed by atoms with Crippen molar-refractivity contribution in [2.75, 3.05) is 11.5 Å². The summed E-state index contributed by atoms with van der Waals surface area (Å²) in [6.07, 6.45) is 1.66. The fraction of sp³-hybridized carbons (Fsp3) is 0.0800. The standard InChI is InChI=1S/C25H17ClN2O6S2/c1-2-33-21-12-15(10-11-20(21)34-24(30)16-6-5-7-17(14-16)28(31)32)13-22-23(29)27(25(35)36-22)19-9-4-3-8-18(19)26/h3-14H,2H2,1H3/b22-13+. The van der Waals surface area contributed by atoms with Gasteiger partial charge in [-0.3, -0.25) is 19.8 Å². The zero-order valence-electron chi connectivity index (χ0n) is 18.7. The highest BCUT2D eigenvalue weighted by molar-refractivity contribution is 8.27. The largest absolute Gasteiger partial charge is 0.490 e. The van der Waals surface area contributed by atoms with Crippen molar-refractivity contribution in [3.8, 4) is 11.5 Å². The lowest BCUT2D eigenvalue weighted by Gasteiger charge is -2.15. The van der Waals surface area contributed by atoms with E-state index in [1.807, 2.05) is 0 Å². The predicted octanol–water partition coefficient (Wildman–Crippen LogP) is 6.27. The van der Waals surface area contributed by atoms with Crippen molar-refractivity contribution in [3.63, 3.8) is 0 Å². The van der Waals surface area contributed by atoms with E-state index < -0.39 is 10.9 Å². The number of thiocarbonyl (C=S) groups is 1. The highest BCUT2D eigenvalue weighted by atomic mass is 35.5. The smallest absolute Gasteiger partial charge is 0.343 e. The summed E-state index contributed by atoms with van der Waals surface area (Å²) in [5.74, 6) is -0.675. The average molecular weight is 541 g/mol. The van der Waals surface area contributed by atoms with Crippen LogP contribution in [0.1, 0.15) is 22.8 Å². The number of non-ortho nitro benzene ring substituents is 1. The molecule has 3 aromatic rings. The van der Waals surface area contributed by atoms with Gasteiger partial charge in [0.25, 0.3) is 11.6 Å². The first-order valence-electron chi connectivity index (χ1n) is 10.5. The maximum Gasteiger partial charge on any atom is 0.343 e. The molecule has 1 aliphatic rings. The minimum absolute atomic E-state index is 0.0268. The van der Waals surface area contributed by atoms with Crippen molar-refractivity contribution in [2.24, 2.45) is 0 Å². The molecule has 11 heteroatoms. The Hall–Kier alpha value is -3.73. The molecule has 0 radical (unpaired) electrons. The quantitative estimate of drug-likeness (QED) is 0.0863. The van der Waals surface area contributed by atoms with Crippen molar-refractivity contribution in [1.29, 1.82) is 0 Å². The number of nitro benzene ring substituents is 1. The van der Waals surface area contributed by atoms with Crippen LogP contribution >= 0.6 is 35.6 Å². The Morgan fingerprint density at radius 3 is 2.64 bits per heavy atom. The van der Waals surface area contributed by atoms with E-state index in [0.717, 1.165) is 17.8 Å². The number of ether oxygens (including phenoxy) is 2. The first kappa shape index (κ1) is 25.4. The number of carbonyl (C=O) groups is 2.